The van der Waals surface area contributed by atoms with Gasteiger partial charge in [0.1, 0.15) is 4.60 Å². The molecule has 0 saturated heterocycles. The normalized spacial score (nSPS) is 11.8. The quantitative estimate of drug-likeness (QED) is 0.676. The second-order valence-corrected chi connectivity index (χ2v) is 6.54. The van der Waals surface area contributed by atoms with Gasteiger partial charge in [0.25, 0.3) is 10.0 Å². The van der Waals surface area contributed by atoms with E-state index in [4.69, 9.17) is 0 Å². The summed E-state index contributed by atoms with van der Waals surface area (Å²) in [4.78, 5) is 4.33. The van der Waals surface area contributed by atoms with Crippen molar-refractivity contribution in [2.75, 3.05) is 0 Å². The van der Waals surface area contributed by atoms with Crippen molar-refractivity contribution in [3.63, 3.8) is 0 Å². The van der Waals surface area contributed by atoms with Crippen molar-refractivity contribution in [1.29, 1.82) is 0 Å². The van der Waals surface area contributed by atoms with Crippen LogP contribution in [-0.2, 0) is 10.0 Å². The average molecular weight is 337 g/mol. The highest BCUT2D eigenvalue weighted by Gasteiger charge is 2.19. The van der Waals surface area contributed by atoms with Crippen LogP contribution in [0.15, 0.2) is 64.4 Å². The van der Waals surface area contributed by atoms with Crippen LogP contribution in [0.25, 0.3) is 10.9 Å². The van der Waals surface area contributed by atoms with Crippen LogP contribution in [0.3, 0.4) is 0 Å². The first-order chi connectivity index (χ1) is 9.10. The van der Waals surface area contributed by atoms with Crippen molar-refractivity contribution in [3.8, 4) is 0 Å². The van der Waals surface area contributed by atoms with Crippen LogP contribution in [0.4, 0.5) is 0 Å². The number of halogens is 1. The highest BCUT2D eigenvalue weighted by molar-refractivity contribution is 9.10. The minimum absolute atomic E-state index is 0.253. The molecule has 0 aliphatic heterocycles. The third kappa shape index (κ3) is 1.97. The monoisotopic (exact) mass is 336 g/mol. The van der Waals surface area contributed by atoms with Crippen LogP contribution in [0, 0.1) is 0 Å². The van der Waals surface area contributed by atoms with Gasteiger partial charge in [0.15, 0.2) is 0 Å². The Morgan fingerprint density at radius 2 is 1.79 bits per heavy atom. The van der Waals surface area contributed by atoms with E-state index in [1.807, 2.05) is 0 Å². The van der Waals surface area contributed by atoms with Crippen LogP contribution in [0.2, 0.25) is 0 Å². The number of benzene rings is 1. The van der Waals surface area contributed by atoms with Crippen molar-refractivity contribution in [2.45, 2.75) is 4.90 Å². The van der Waals surface area contributed by atoms with E-state index in [1.165, 1.54) is 3.97 Å². The predicted octanol–water partition coefficient (Wildman–Crippen LogP) is 3.04. The average Bonchev–Trinajstić information content (AvgIpc) is 2.86. The Morgan fingerprint density at radius 3 is 2.53 bits per heavy atom. The molecule has 0 fully saturated rings. The van der Waals surface area contributed by atoms with Gasteiger partial charge in [-0.25, -0.2) is 17.4 Å². The molecule has 0 unspecified atom stereocenters. The first-order valence-electron chi connectivity index (χ1n) is 5.53. The fourth-order valence-corrected chi connectivity index (χ4v) is 3.96. The summed E-state index contributed by atoms with van der Waals surface area (Å²) in [7, 11) is -3.60. The largest absolute Gasteiger partial charge is 0.268 e. The zero-order valence-electron chi connectivity index (χ0n) is 9.69. The molecule has 0 aliphatic carbocycles. The maximum absolute atomic E-state index is 12.6. The summed E-state index contributed by atoms with van der Waals surface area (Å²) < 4.78 is 26.9. The summed E-state index contributed by atoms with van der Waals surface area (Å²) in [6.07, 6.45) is 3.17. The Morgan fingerprint density at radius 1 is 1.05 bits per heavy atom. The molecule has 0 spiro atoms. The minimum Gasteiger partial charge on any atom is -0.247 e. The second kappa shape index (κ2) is 4.47. The molecule has 0 N–H and O–H groups in total. The van der Waals surface area contributed by atoms with Crippen molar-refractivity contribution in [2.24, 2.45) is 0 Å². The number of pyridine rings is 1. The maximum Gasteiger partial charge on any atom is 0.268 e. The molecule has 0 bridgehead atoms. The molecule has 6 heteroatoms. The standard InChI is InChI=1S/C13H9BrN2O2S/c14-13-12-10(6-8-15-13)7-9-16(12)19(17,18)11-4-2-1-3-5-11/h1-9H. The van der Waals surface area contributed by atoms with Gasteiger partial charge in [-0.15, -0.1) is 0 Å². The van der Waals surface area contributed by atoms with E-state index in [2.05, 4.69) is 20.9 Å². The van der Waals surface area contributed by atoms with Gasteiger partial charge >= 0.3 is 0 Å². The molecule has 2 heterocycles. The lowest BCUT2D eigenvalue weighted by atomic mass is 10.3. The van der Waals surface area contributed by atoms with Crippen molar-refractivity contribution in [1.82, 2.24) is 8.96 Å². The van der Waals surface area contributed by atoms with Gasteiger partial charge in [-0.2, -0.15) is 0 Å². The van der Waals surface area contributed by atoms with Crippen molar-refractivity contribution in [3.05, 3.63) is 59.5 Å². The second-order valence-electron chi connectivity index (χ2n) is 3.97. The third-order valence-electron chi connectivity index (χ3n) is 2.82. The number of hydrogen-bond acceptors (Lipinski definition) is 3. The Kier molecular flexibility index (Phi) is 2.91. The van der Waals surface area contributed by atoms with Crippen LogP contribution < -0.4 is 0 Å². The van der Waals surface area contributed by atoms with Gasteiger partial charge in [-0.05, 0) is 40.2 Å². The molecule has 0 atom stereocenters. The Hall–Kier alpha value is -1.66. The molecule has 19 heavy (non-hydrogen) atoms. The highest BCUT2D eigenvalue weighted by atomic mass is 79.9. The molecule has 1 aromatic carbocycles. The van der Waals surface area contributed by atoms with E-state index >= 15 is 0 Å². The first kappa shape index (κ1) is 12.4. The first-order valence-corrected chi connectivity index (χ1v) is 7.76. The SMILES string of the molecule is O=S(=O)(c1ccccc1)n1ccc2ccnc(Br)c21. The van der Waals surface area contributed by atoms with Crippen molar-refractivity contribution < 1.29 is 8.42 Å². The van der Waals surface area contributed by atoms with Crippen molar-refractivity contribution >= 4 is 36.9 Å². The Bertz CT molecular complexity index is 841. The lowest BCUT2D eigenvalue weighted by Gasteiger charge is -2.07. The number of fused-ring (bicyclic) bond motifs is 1. The molecular weight excluding hydrogens is 328 g/mol. The van der Waals surface area contributed by atoms with E-state index in [0.717, 1.165) is 5.39 Å². The smallest absolute Gasteiger partial charge is 0.247 e. The summed E-state index contributed by atoms with van der Waals surface area (Å²) in [5.74, 6) is 0. The third-order valence-corrected chi connectivity index (χ3v) is 5.09. The van der Waals surface area contributed by atoms with Crippen LogP contribution in [0.1, 0.15) is 0 Å². The molecule has 0 amide bonds. The predicted molar refractivity (Wildman–Crippen MR) is 76.5 cm³/mol. The number of rotatable bonds is 2. The topological polar surface area (TPSA) is 52.0 Å². The van der Waals surface area contributed by atoms with Gasteiger partial charge in [0.2, 0.25) is 0 Å². The molecule has 3 rings (SSSR count). The maximum atomic E-state index is 12.6. The molecule has 0 aliphatic rings. The van der Waals surface area contributed by atoms with E-state index < -0.39 is 10.0 Å². The van der Waals surface area contributed by atoms with Gasteiger partial charge in [-0.1, -0.05) is 18.2 Å². The Labute approximate surface area is 118 Å². The summed E-state index contributed by atoms with van der Waals surface area (Å²) in [6.45, 7) is 0. The van der Waals surface area contributed by atoms with Gasteiger partial charge < -0.3 is 0 Å². The molecule has 0 saturated carbocycles. The summed E-state index contributed by atoms with van der Waals surface area (Å²) in [6, 6.07) is 11.9. The lowest BCUT2D eigenvalue weighted by molar-refractivity contribution is 0.589. The van der Waals surface area contributed by atoms with Crippen LogP contribution in [-0.4, -0.2) is 17.4 Å². The van der Waals surface area contributed by atoms with Crippen LogP contribution in [0.5, 0.6) is 0 Å². The summed E-state index contributed by atoms with van der Waals surface area (Å²) >= 11 is 3.30. The van der Waals surface area contributed by atoms with Gasteiger partial charge in [0, 0.05) is 17.8 Å². The molecule has 4 nitrogen and oxygen atoms in total. The molecule has 3 aromatic rings. The minimum atomic E-state index is -3.60. The number of hydrogen-bond donors (Lipinski definition) is 0. The highest BCUT2D eigenvalue weighted by Crippen LogP contribution is 2.26. The van der Waals surface area contributed by atoms with Gasteiger partial charge in [-0.3, -0.25) is 0 Å². The number of nitrogens with zero attached hydrogens (tertiary/aromatic N) is 2. The molecular formula is C13H9BrN2O2S. The zero-order chi connectivity index (χ0) is 13.5. The summed E-state index contributed by atoms with van der Waals surface area (Å²) in [5.41, 5.74) is 0.548. The lowest BCUT2D eigenvalue weighted by Crippen LogP contribution is -2.12. The van der Waals surface area contributed by atoms with Crippen LogP contribution >= 0.6 is 15.9 Å². The molecule has 0 radical (unpaired) electrons. The summed E-state index contributed by atoms with van der Waals surface area (Å²) in [5, 5.41) is 0.821. The zero-order valence-corrected chi connectivity index (χ0v) is 12.1. The van der Waals surface area contributed by atoms with E-state index in [1.54, 1.807) is 54.9 Å². The van der Waals surface area contributed by atoms with E-state index in [9.17, 15) is 8.42 Å². The molecule has 96 valence electrons. The van der Waals surface area contributed by atoms with E-state index in [-0.39, 0.29) is 4.90 Å². The van der Waals surface area contributed by atoms with Gasteiger partial charge in [0.05, 0.1) is 10.4 Å². The Balaban J connectivity index is 2.31. The fraction of sp³-hybridized carbons (Fsp3) is 0. The number of aromatic nitrogens is 2. The van der Waals surface area contributed by atoms with E-state index in [0.29, 0.717) is 10.1 Å². The fourth-order valence-electron chi connectivity index (χ4n) is 1.92. The molecule has 2 aromatic heterocycles.